The minimum Gasteiger partial charge on any atom is -0.480 e. The molecule has 5 rings (SSSR count). The fourth-order valence-electron chi connectivity index (χ4n) is 7.88. The number of hydrogen-bond acceptors (Lipinski definition) is 7. The number of nitrogens with zero attached hydrogens (tertiary/aromatic N) is 4. The molecule has 3 fully saturated rings. The summed E-state index contributed by atoms with van der Waals surface area (Å²) in [5.74, 6) is 0.162. The van der Waals surface area contributed by atoms with Crippen LogP contribution in [0.3, 0.4) is 0 Å². The van der Waals surface area contributed by atoms with Crippen molar-refractivity contribution in [2.75, 3.05) is 45.9 Å². The van der Waals surface area contributed by atoms with Crippen molar-refractivity contribution in [2.24, 2.45) is 11.8 Å². The third-order valence-electron chi connectivity index (χ3n) is 10.3. The Labute approximate surface area is 272 Å². The number of benzene rings is 2. The molecule has 248 valence electrons. The molecule has 0 radical (unpaired) electrons. The second-order valence-corrected chi connectivity index (χ2v) is 13.2. The van der Waals surface area contributed by atoms with Crippen LogP contribution in [0.2, 0.25) is 0 Å². The van der Waals surface area contributed by atoms with E-state index in [1.807, 2.05) is 6.07 Å². The lowest BCUT2D eigenvalue weighted by atomic mass is 9.83. The molecule has 10 heteroatoms. The van der Waals surface area contributed by atoms with E-state index in [-0.39, 0.29) is 36.3 Å². The first-order chi connectivity index (χ1) is 22.3. The SMILES string of the molecule is C=CCN(C(=O)OCCc1ccc([N+](=O)[O-])cc1)C1CCN(CC2CN(C(C(=O)O)C3CCCCC3)CC2c2ccccc2)CC1. The van der Waals surface area contributed by atoms with Gasteiger partial charge in [-0.1, -0.05) is 67.8 Å². The predicted molar refractivity (Wildman–Crippen MR) is 177 cm³/mol. The highest BCUT2D eigenvalue weighted by molar-refractivity contribution is 5.74. The molecule has 0 spiro atoms. The first-order valence-corrected chi connectivity index (χ1v) is 16.9. The van der Waals surface area contributed by atoms with Gasteiger partial charge in [-0.15, -0.1) is 6.58 Å². The van der Waals surface area contributed by atoms with Crippen LogP contribution in [0.15, 0.2) is 67.3 Å². The van der Waals surface area contributed by atoms with E-state index in [1.54, 1.807) is 23.1 Å². The maximum Gasteiger partial charge on any atom is 0.410 e. The lowest BCUT2D eigenvalue weighted by Gasteiger charge is -2.39. The Balaban J connectivity index is 1.16. The number of amides is 1. The van der Waals surface area contributed by atoms with Crippen molar-refractivity contribution in [3.63, 3.8) is 0 Å². The van der Waals surface area contributed by atoms with Crippen molar-refractivity contribution in [1.82, 2.24) is 14.7 Å². The number of carboxylic acids is 1. The fraction of sp³-hybridized carbons (Fsp3) is 0.556. The smallest absolute Gasteiger partial charge is 0.410 e. The molecule has 46 heavy (non-hydrogen) atoms. The Morgan fingerprint density at radius 3 is 2.35 bits per heavy atom. The van der Waals surface area contributed by atoms with Crippen LogP contribution in [0.4, 0.5) is 10.5 Å². The molecule has 1 aliphatic carbocycles. The number of carbonyl (C=O) groups is 2. The second kappa shape index (κ2) is 16.2. The van der Waals surface area contributed by atoms with Crippen LogP contribution in [0, 0.1) is 22.0 Å². The third-order valence-corrected chi connectivity index (χ3v) is 10.3. The second-order valence-electron chi connectivity index (χ2n) is 13.2. The van der Waals surface area contributed by atoms with Gasteiger partial charge in [-0.3, -0.25) is 19.8 Å². The molecule has 10 nitrogen and oxygen atoms in total. The van der Waals surface area contributed by atoms with Gasteiger partial charge in [-0.2, -0.15) is 0 Å². The molecule has 1 amide bonds. The molecule has 2 heterocycles. The zero-order valence-electron chi connectivity index (χ0n) is 26.8. The first-order valence-electron chi connectivity index (χ1n) is 16.9. The van der Waals surface area contributed by atoms with Gasteiger partial charge in [0.2, 0.25) is 0 Å². The summed E-state index contributed by atoms with van der Waals surface area (Å²) in [5.41, 5.74) is 2.19. The number of nitro groups is 1. The molecule has 3 unspecified atom stereocenters. The standard InChI is InChI=1S/C36H48N4O6/c1-2-20-39(36(43)46-23-19-27-13-15-32(16-14-27)40(44)45)31-17-21-37(22-18-31)24-30-25-38(26-33(30)28-9-5-3-6-10-28)34(35(41)42)29-11-7-4-8-12-29/h2-3,5-6,9-10,13-16,29-31,33-34H,1,4,7-8,11-12,17-26H2,(H,41,42). The van der Waals surface area contributed by atoms with Crippen molar-refractivity contribution >= 4 is 17.7 Å². The lowest BCUT2D eigenvalue weighted by Crippen LogP contribution is -2.49. The van der Waals surface area contributed by atoms with E-state index in [9.17, 15) is 24.8 Å². The normalized spacial score (nSPS) is 22.3. The van der Waals surface area contributed by atoms with Crippen LogP contribution < -0.4 is 0 Å². The number of ether oxygens (including phenoxy) is 1. The highest BCUT2D eigenvalue weighted by Gasteiger charge is 2.43. The highest BCUT2D eigenvalue weighted by atomic mass is 16.6. The minimum absolute atomic E-state index is 0.0361. The fourth-order valence-corrected chi connectivity index (χ4v) is 7.88. The first kappa shape index (κ1) is 33.6. The predicted octanol–water partition coefficient (Wildman–Crippen LogP) is 5.98. The van der Waals surface area contributed by atoms with Crippen LogP contribution in [-0.4, -0.2) is 94.8 Å². The number of hydrogen-bond donors (Lipinski definition) is 1. The maximum atomic E-state index is 13.1. The average molecular weight is 633 g/mol. The molecule has 2 saturated heterocycles. The molecule has 0 bridgehead atoms. The lowest BCUT2D eigenvalue weighted by molar-refractivity contribution is -0.384. The summed E-state index contributed by atoms with van der Waals surface area (Å²) in [5, 5.41) is 21.2. The quantitative estimate of drug-likeness (QED) is 0.163. The van der Waals surface area contributed by atoms with Gasteiger partial charge in [0.25, 0.3) is 5.69 Å². The Morgan fingerprint density at radius 2 is 1.72 bits per heavy atom. The Hall–Kier alpha value is -3.76. The number of rotatable bonds is 13. The van der Waals surface area contributed by atoms with E-state index in [1.165, 1.54) is 24.1 Å². The van der Waals surface area contributed by atoms with E-state index < -0.39 is 16.9 Å². The van der Waals surface area contributed by atoms with E-state index in [4.69, 9.17) is 4.74 Å². The third kappa shape index (κ3) is 8.53. The Kier molecular flexibility index (Phi) is 11.8. The Bertz CT molecular complexity index is 1310. The van der Waals surface area contributed by atoms with Gasteiger partial charge in [0, 0.05) is 69.8 Å². The summed E-state index contributed by atoms with van der Waals surface area (Å²) >= 11 is 0. The van der Waals surface area contributed by atoms with Crippen molar-refractivity contribution in [1.29, 1.82) is 0 Å². The summed E-state index contributed by atoms with van der Waals surface area (Å²) in [6.07, 6.45) is 8.97. The van der Waals surface area contributed by atoms with Gasteiger partial charge in [0.05, 0.1) is 11.5 Å². The van der Waals surface area contributed by atoms with E-state index >= 15 is 0 Å². The molecule has 0 aromatic heterocycles. The monoisotopic (exact) mass is 632 g/mol. The summed E-state index contributed by atoms with van der Waals surface area (Å²) in [7, 11) is 0. The van der Waals surface area contributed by atoms with Crippen LogP contribution in [0.5, 0.6) is 0 Å². The molecule has 2 aliphatic heterocycles. The molecular formula is C36H48N4O6. The maximum absolute atomic E-state index is 13.1. The van der Waals surface area contributed by atoms with Gasteiger partial charge in [-0.25, -0.2) is 4.79 Å². The average Bonchev–Trinajstić information content (AvgIpc) is 3.47. The summed E-state index contributed by atoms with van der Waals surface area (Å²) < 4.78 is 5.63. The highest BCUT2D eigenvalue weighted by Crippen LogP contribution is 2.38. The summed E-state index contributed by atoms with van der Waals surface area (Å²) in [6.45, 7) is 8.64. The summed E-state index contributed by atoms with van der Waals surface area (Å²) in [6, 6.07) is 16.5. The molecule has 2 aromatic rings. The van der Waals surface area contributed by atoms with Gasteiger partial charge in [0.15, 0.2) is 0 Å². The van der Waals surface area contributed by atoms with Crippen molar-refractivity contribution in [3.8, 4) is 0 Å². The van der Waals surface area contributed by atoms with Gasteiger partial charge >= 0.3 is 12.1 Å². The topological polar surface area (TPSA) is 116 Å². The van der Waals surface area contributed by atoms with Crippen LogP contribution in [-0.2, 0) is 16.0 Å². The molecule has 3 aliphatic rings. The number of likely N-dealkylation sites (tertiary alicyclic amines) is 2. The number of aliphatic carboxylic acids is 1. The Morgan fingerprint density at radius 1 is 1.02 bits per heavy atom. The van der Waals surface area contributed by atoms with E-state index in [0.29, 0.717) is 18.9 Å². The van der Waals surface area contributed by atoms with E-state index in [0.717, 1.165) is 76.8 Å². The van der Waals surface area contributed by atoms with Crippen LogP contribution >= 0.6 is 0 Å². The zero-order valence-corrected chi connectivity index (χ0v) is 26.8. The minimum atomic E-state index is -0.679. The van der Waals surface area contributed by atoms with Crippen molar-refractivity contribution in [3.05, 3.63) is 88.5 Å². The molecular weight excluding hydrogens is 584 g/mol. The molecule has 2 aromatic carbocycles. The van der Waals surface area contributed by atoms with Gasteiger partial charge < -0.3 is 19.6 Å². The number of carbonyl (C=O) groups excluding carboxylic acids is 1. The molecule has 1 N–H and O–H groups in total. The summed E-state index contributed by atoms with van der Waals surface area (Å²) in [4.78, 5) is 42.7. The number of carboxylic acid groups (broad SMARTS) is 1. The van der Waals surface area contributed by atoms with Crippen LogP contribution in [0.25, 0.3) is 0 Å². The number of non-ortho nitro benzene ring substituents is 1. The van der Waals surface area contributed by atoms with Crippen molar-refractivity contribution < 1.29 is 24.4 Å². The molecule has 3 atom stereocenters. The van der Waals surface area contributed by atoms with Gasteiger partial charge in [0.1, 0.15) is 6.04 Å². The van der Waals surface area contributed by atoms with Gasteiger partial charge in [-0.05, 0) is 48.6 Å². The van der Waals surface area contributed by atoms with Crippen molar-refractivity contribution in [2.45, 2.75) is 69.4 Å². The number of piperidine rings is 1. The van der Waals surface area contributed by atoms with E-state index in [2.05, 4.69) is 40.6 Å². The number of nitro benzene ring substituents is 1. The zero-order chi connectivity index (χ0) is 32.5. The van der Waals surface area contributed by atoms with Crippen LogP contribution in [0.1, 0.15) is 62.0 Å². The molecule has 1 saturated carbocycles. The largest absolute Gasteiger partial charge is 0.480 e.